The van der Waals surface area contributed by atoms with E-state index in [2.05, 4.69) is 39.6 Å². The minimum Gasteiger partial charge on any atom is -0.393 e. The highest BCUT2D eigenvalue weighted by atomic mass is 16.3. The van der Waals surface area contributed by atoms with Gasteiger partial charge in [0.25, 0.3) is 0 Å². The summed E-state index contributed by atoms with van der Waals surface area (Å²) in [6.07, 6.45) is 7.61. The topological polar surface area (TPSA) is 49.3 Å². The number of hydrogen-bond acceptors (Lipinski definition) is 2. The molecule has 4 atom stereocenters. The summed E-state index contributed by atoms with van der Waals surface area (Å²) in [7, 11) is 0. The van der Waals surface area contributed by atoms with E-state index in [0.717, 1.165) is 49.7 Å². The van der Waals surface area contributed by atoms with E-state index < -0.39 is 0 Å². The van der Waals surface area contributed by atoms with Crippen LogP contribution in [0.15, 0.2) is 54.1 Å². The summed E-state index contributed by atoms with van der Waals surface area (Å²) in [5.41, 5.74) is 3.73. The van der Waals surface area contributed by atoms with Crippen LogP contribution in [0.25, 0.3) is 0 Å². The number of hydrogen-bond donors (Lipinski definition) is 2. The second-order valence-electron chi connectivity index (χ2n) is 10.4. The zero-order valence-electron chi connectivity index (χ0n) is 19.2. The molecule has 2 N–H and O–H groups in total. The molecular formula is C27H39NO2. The minimum atomic E-state index is -0.211. The fourth-order valence-electron chi connectivity index (χ4n) is 6.20. The summed E-state index contributed by atoms with van der Waals surface area (Å²) >= 11 is 0. The van der Waals surface area contributed by atoms with Crippen LogP contribution in [0.2, 0.25) is 0 Å². The maximum absolute atomic E-state index is 12.3. The highest BCUT2D eigenvalue weighted by molar-refractivity contribution is 5.88. The SMILES string of the molecule is C=C1CC[C@@H]2C(C)(C)[C@H](O)CC[C@@]2(C)[C@@H]1CC/C(C)=C/C(=O)NCc1ccccc1. The van der Waals surface area contributed by atoms with Crippen molar-refractivity contribution in [2.24, 2.45) is 22.7 Å². The third kappa shape index (κ3) is 4.72. The first-order chi connectivity index (χ1) is 14.1. The van der Waals surface area contributed by atoms with Crippen molar-refractivity contribution in [2.45, 2.75) is 78.9 Å². The number of carbonyl (C=O) groups is 1. The van der Waals surface area contributed by atoms with Gasteiger partial charge in [0.2, 0.25) is 5.91 Å². The molecule has 2 aliphatic rings. The van der Waals surface area contributed by atoms with Gasteiger partial charge in [-0.1, -0.05) is 68.8 Å². The number of carbonyl (C=O) groups excluding carboxylic acids is 1. The van der Waals surface area contributed by atoms with Crippen LogP contribution in [0, 0.1) is 22.7 Å². The average Bonchev–Trinajstić information content (AvgIpc) is 2.70. The molecular weight excluding hydrogens is 370 g/mol. The van der Waals surface area contributed by atoms with Gasteiger partial charge in [0, 0.05) is 12.6 Å². The van der Waals surface area contributed by atoms with Gasteiger partial charge in [-0.3, -0.25) is 4.79 Å². The van der Waals surface area contributed by atoms with E-state index in [-0.39, 0.29) is 22.8 Å². The van der Waals surface area contributed by atoms with Gasteiger partial charge in [-0.15, -0.1) is 0 Å². The Bertz CT molecular complexity index is 794. The molecule has 0 heterocycles. The molecule has 1 aromatic carbocycles. The fourth-order valence-corrected chi connectivity index (χ4v) is 6.20. The second-order valence-corrected chi connectivity index (χ2v) is 10.4. The van der Waals surface area contributed by atoms with Crippen LogP contribution in [0.3, 0.4) is 0 Å². The lowest BCUT2D eigenvalue weighted by Crippen LogP contribution is -2.54. The number of allylic oxidation sites excluding steroid dienone is 2. The molecule has 1 amide bonds. The van der Waals surface area contributed by atoms with Crippen LogP contribution in [-0.2, 0) is 11.3 Å². The molecule has 1 aromatic rings. The average molecular weight is 410 g/mol. The predicted molar refractivity (Wildman–Crippen MR) is 124 cm³/mol. The fraction of sp³-hybridized carbons (Fsp3) is 0.593. The predicted octanol–water partition coefficient (Wildman–Crippen LogP) is 5.80. The Balaban J connectivity index is 1.61. The third-order valence-electron chi connectivity index (χ3n) is 8.07. The zero-order valence-corrected chi connectivity index (χ0v) is 19.2. The van der Waals surface area contributed by atoms with Crippen molar-refractivity contribution in [3.05, 3.63) is 59.7 Å². The molecule has 0 radical (unpaired) electrons. The van der Waals surface area contributed by atoms with Gasteiger partial charge < -0.3 is 10.4 Å². The summed E-state index contributed by atoms with van der Waals surface area (Å²) in [4.78, 5) is 12.3. The van der Waals surface area contributed by atoms with E-state index in [9.17, 15) is 9.90 Å². The van der Waals surface area contributed by atoms with Crippen LogP contribution in [0.5, 0.6) is 0 Å². The first kappa shape index (κ1) is 22.8. The molecule has 0 saturated heterocycles. The Kier molecular flexibility index (Phi) is 6.91. The molecule has 0 aliphatic heterocycles. The van der Waals surface area contributed by atoms with Crippen molar-refractivity contribution in [3.63, 3.8) is 0 Å². The maximum Gasteiger partial charge on any atom is 0.244 e. The van der Waals surface area contributed by atoms with Crippen LogP contribution in [0.1, 0.15) is 71.8 Å². The first-order valence-electron chi connectivity index (χ1n) is 11.5. The number of fused-ring (bicyclic) bond motifs is 1. The van der Waals surface area contributed by atoms with Gasteiger partial charge in [-0.2, -0.15) is 0 Å². The van der Waals surface area contributed by atoms with Crippen molar-refractivity contribution in [3.8, 4) is 0 Å². The number of benzene rings is 1. The van der Waals surface area contributed by atoms with Crippen molar-refractivity contribution >= 4 is 5.91 Å². The highest BCUT2D eigenvalue weighted by Crippen LogP contribution is 2.61. The number of aliphatic hydroxyl groups is 1. The zero-order chi connectivity index (χ0) is 21.9. The van der Waals surface area contributed by atoms with E-state index in [1.54, 1.807) is 6.08 Å². The number of aliphatic hydroxyl groups excluding tert-OH is 1. The molecule has 3 rings (SSSR count). The molecule has 0 aromatic heterocycles. The molecule has 2 saturated carbocycles. The minimum absolute atomic E-state index is 0.0233. The molecule has 0 spiro atoms. The molecule has 0 unspecified atom stereocenters. The smallest absolute Gasteiger partial charge is 0.244 e. The van der Waals surface area contributed by atoms with Gasteiger partial charge in [-0.25, -0.2) is 0 Å². The van der Waals surface area contributed by atoms with Gasteiger partial charge in [0.05, 0.1) is 6.10 Å². The Morgan fingerprint density at radius 3 is 2.63 bits per heavy atom. The van der Waals surface area contributed by atoms with E-state index in [4.69, 9.17) is 0 Å². The quantitative estimate of drug-likeness (QED) is 0.461. The van der Waals surface area contributed by atoms with Crippen molar-refractivity contribution < 1.29 is 9.90 Å². The van der Waals surface area contributed by atoms with E-state index >= 15 is 0 Å². The Labute approximate surface area is 182 Å². The number of amides is 1. The van der Waals surface area contributed by atoms with E-state index in [0.29, 0.717) is 18.4 Å². The molecule has 3 nitrogen and oxygen atoms in total. The molecule has 3 heteroatoms. The lowest BCUT2D eigenvalue weighted by atomic mass is 9.46. The lowest BCUT2D eigenvalue weighted by Gasteiger charge is -2.59. The summed E-state index contributed by atoms with van der Waals surface area (Å²) in [6.45, 7) is 14.0. The summed E-state index contributed by atoms with van der Waals surface area (Å²) in [6, 6.07) is 9.99. The van der Waals surface area contributed by atoms with Gasteiger partial charge >= 0.3 is 0 Å². The van der Waals surface area contributed by atoms with Gasteiger partial charge in [0.15, 0.2) is 0 Å². The van der Waals surface area contributed by atoms with Crippen molar-refractivity contribution in [1.82, 2.24) is 5.32 Å². The normalized spacial score (nSPS) is 31.2. The Hall–Kier alpha value is -1.87. The van der Waals surface area contributed by atoms with Crippen LogP contribution < -0.4 is 5.32 Å². The largest absolute Gasteiger partial charge is 0.393 e. The maximum atomic E-state index is 12.3. The lowest BCUT2D eigenvalue weighted by molar-refractivity contribution is -0.124. The number of nitrogens with one attached hydrogen (secondary N) is 1. The van der Waals surface area contributed by atoms with Crippen LogP contribution in [0.4, 0.5) is 0 Å². The third-order valence-corrected chi connectivity index (χ3v) is 8.07. The van der Waals surface area contributed by atoms with E-state index in [1.165, 1.54) is 5.57 Å². The molecule has 0 bridgehead atoms. The highest BCUT2D eigenvalue weighted by Gasteiger charge is 2.55. The standard InChI is InChI=1S/C27H39NO2/c1-19(17-25(30)28-18-21-9-7-6-8-10-21)11-13-22-20(2)12-14-23-26(3,4)24(29)15-16-27(22,23)5/h6-10,17,22-24,29H,2,11-16,18H2,1,3-5H3,(H,28,30)/b19-17+/t22-,23-,24-,27+/m1/s1. The van der Waals surface area contributed by atoms with Crippen molar-refractivity contribution in [2.75, 3.05) is 0 Å². The molecule has 2 aliphatic carbocycles. The number of rotatable bonds is 6. The van der Waals surface area contributed by atoms with Crippen molar-refractivity contribution in [1.29, 1.82) is 0 Å². The molecule has 2 fully saturated rings. The Morgan fingerprint density at radius 2 is 1.93 bits per heavy atom. The Morgan fingerprint density at radius 1 is 1.23 bits per heavy atom. The van der Waals surface area contributed by atoms with Crippen LogP contribution in [-0.4, -0.2) is 17.1 Å². The molecule has 30 heavy (non-hydrogen) atoms. The monoisotopic (exact) mass is 409 g/mol. The van der Waals surface area contributed by atoms with E-state index in [1.807, 2.05) is 30.3 Å². The van der Waals surface area contributed by atoms with Crippen LogP contribution >= 0.6 is 0 Å². The second kappa shape index (κ2) is 9.09. The summed E-state index contributed by atoms with van der Waals surface area (Å²) in [5, 5.41) is 13.6. The summed E-state index contributed by atoms with van der Waals surface area (Å²) < 4.78 is 0. The van der Waals surface area contributed by atoms with Gasteiger partial charge in [-0.05, 0) is 73.7 Å². The summed E-state index contributed by atoms with van der Waals surface area (Å²) in [5.74, 6) is 0.950. The molecule has 164 valence electrons. The van der Waals surface area contributed by atoms with Gasteiger partial charge in [0.1, 0.15) is 0 Å². The first-order valence-corrected chi connectivity index (χ1v) is 11.5.